The molecular weight excluding hydrogens is 431 g/mol. The molecule has 3 rings (SSSR count). The second-order valence-corrected chi connectivity index (χ2v) is 8.76. The lowest BCUT2D eigenvalue weighted by atomic mass is 10.3. The monoisotopic (exact) mass is 447 g/mol. The summed E-state index contributed by atoms with van der Waals surface area (Å²) in [6.07, 6.45) is -4.42. The van der Waals surface area contributed by atoms with Gasteiger partial charge in [-0.25, -0.2) is 4.98 Å². The van der Waals surface area contributed by atoms with Crippen LogP contribution in [-0.4, -0.2) is 44.1 Å². The number of fused-ring (bicyclic) bond motifs is 1. The van der Waals surface area contributed by atoms with E-state index < -0.39 is 18.6 Å². The first-order valence-electron chi connectivity index (χ1n) is 8.22. The Labute approximate surface area is 171 Å². The molecular formula is C16H16F3N5OS3. The molecule has 6 nitrogen and oxygen atoms in total. The highest BCUT2D eigenvalue weighted by Gasteiger charge is 2.27. The number of hydrogen-bond donors (Lipinski definition) is 1. The summed E-state index contributed by atoms with van der Waals surface area (Å²) in [7, 11) is 0. The van der Waals surface area contributed by atoms with E-state index in [0.717, 1.165) is 32.1 Å². The third-order valence-electron chi connectivity index (χ3n) is 3.53. The van der Waals surface area contributed by atoms with Crippen molar-refractivity contribution in [3.8, 4) is 0 Å². The molecule has 0 atom stereocenters. The van der Waals surface area contributed by atoms with E-state index in [1.54, 1.807) is 23.1 Å². The van der Waals surface area contributed by atoms with Crippen molar-refractivity contribution in [1.29, 1.82) is 0 Å². The van der Waals surface area contributed by atoms with Crippen molar-refractivity contribution >= 4 is 51.0 Å². The maximum Gasteiger partial charge on any atom is 0.405 e. The number of amides is 1. The fourth-order valence-electron chi connectivity index (χ4n) is 2.27. The van der Waals surface area contributed by atoms with Crippen LogP contribution in [-0.2, 0) is 17.1 Å². The summed E-state index contributed by atoms with van der Waals surface area (Å²) in [5.41, 5.74) is 0.952. The van der Waals surface area contributed by atoms with Gasteiger partial charge in [-0.15, -0.1) is 21.5 Å². The molecule has 2 heterocycles. The van der Waals surface area contributed by atoms with Crippen molar-refractivity contribution in [2.24, 2.45) is 0 Å². The van der Waals surface area contributed by atoms with Crippen LogP contribution in [0.1, 0.15) is 12.7 Å². The number of halogens is 3. The van der Waals surface area contributed by atoms with Crippen molar-refractivity contribution in [2.45, 2.75) is 34.9 Å². The Kier molecular flexibility index (Phi) is 6.83. The molecule has 0 saturated heterocycles. The van der Waals surface area contributed by atoms with Gasteiger partial charge in [-0.05, 0) is 19.1 Å². The van der Waals surface area contributed by atoms with Crippen LogP contribution in [0.15, 0.2) is 33.8 Å². The Morgan fingerprint density at radius 2 is 2.04 bits per heavy atom. The Balaban J connectivity index is 1.57. The van der Waals surface area contributed by atoms with E-state index in [1.165, 1.54) is 0 Å². The van der Waals surface area contributed by atoms with E-state index in [1.807, 2.05) is 41.1 Å². The number of nitrogens with one attached hydrogen (secondary N) is 1. The van der Waals surface area contributed by atoms with Crippen molar-refractivity contribution < 1.29 is 18.0 Å². The summed E-state index contributed by atoms with van der Waals surface area (Å²) < 4.78 is 40.3. The largest absolute Gasteiger partial charge is 0.405 e. The third kappa shape index (κ3) is 5.61. The SMILES string of the molecule is CCn1c(CSc2nc3ccccc3s2)nnc1SCC(=O)NCC(F)(F)F. The number of nitrogens with zero attached hydrogens (tertiary/aromatic N) is 4. The summed E-state index contributed by atoms with van der Waals surface area (Å²) in [5.74, 6) is 0.434. The topological polar surface area (TPSA) is 72.7 Å². The predicted octanol–water partition coefficient (Wildman–Crippen LogP) is 3.97. The fraction of sp³-hybridized carbons (Fsp3) is 0.375. The number of alkyl halides is 3. The zero-order valence-electron chi connectivity index (χ0n) is 14.7. The quantitative estimate of drug-likeness (QED) is 0.527. The summed E-state index contributed by atoms with van der Waals surface area (Å²) in [6.45, 7) is 1.18. The molecule has 2 aromatic heterocycles. The number of aromatic nitrogens is 4. The molecule has 1 aromatic carbocycles. The fourth-order valence-corrected chi connectivity index (χ4v) is 5.13. The van der Waals surface area contributed by atoms with E-state index >= 15 is 0 Å². The minimum atomic E-state index is -4.42. The lowest BCUT2D eigenvalue weighted by molar-refractivity contribution is -0.136. The number of para-hydroxylation sites is 1. The maximum absolute atomic E-state index is 12.1. The van der Waals surface area contributed by atoms with Crippen LogP contribution in [0.25, 0.3) is 10.2 Å². The summed E-state index contributed by atoms with van der Waals surface area (Å²) in [5, 5.41) is 10.6. The first kappa shape index (κ1) is 20.9. The van der Waals surface area contributed by atoms with Gasteiger partial charge in [0.2, 0.25) is 5.91 Å². The zero-order valence-corrected chi connectivity index (χ0v) is 17.1. The molecule has 0 fully saturated rings. The van der Waals surface area contributed by atoms with Crippen LogP contribution < -0.4 is 5.32 Å². The van der Waals surface area contributed by atoms with E-state index in [9.17, 15) is 18.0 Å². The zero-order chi connectivity index (χ0) is 20.1. The van der Waals surface area contributed by atoms with Crippen LogP contribution in [0.5, 0.6) is 0 Å². The number of thiazole rings is 1. The second-order valence-electron chi connectivity index (χ2n) is 5.56. The predicted molar refractivity (Wildman–Crippen MR) is 105 cm³/mol. The standard InChI is InChI=1S/C16H16F3N5OS3/c1-2-24-12(7-27-15-21-10-5-3-4-6-11(10)28-15)22-23-14(24)26-8-13(25)20-9-16(17,18)19/h3-6H,2,7-9H2,1H3,(H,20,25). The van der Waals surface area contributed by atoms with Crippen molar-refractivity contribution in [3.63, 3.8) is 0 Å². The molecule has 1 N–H and O–H groups in total. The van der Waals surface area contributed by atoms with Crippen LogP contribution >= 0.6 is 34.9 Å². The lowest BCUT2D eigenvalue weighted by Crippen LogP contribution is -2.34. The van der Waals surface area contributed by atoms with Crippen molar-refractivity contribution in [3.05, 3.63) is 30.1 Å². The van der Waals surface area contributed by atoms with Gasteiger partial charge in [0.15, 0.2) is 9.50 Å². The number of carbonyl (C=O) groups excluding carboxylic acids is 1. The Morgan fingerprint density at radius 3 is 2.75 bits per heavy atom. The molecule has 0 aliphatic carbocycles. The molecule has 0 radical (unpaired) electrons. The number of benzene rings is 1. The molecule has 28 heavy (non-hydrogen) atoms. The molecule has 0 saturated carbocycles. The van der Waals surface area contributed by atoms with Crippen LogP contribution in [0, 0.1) is 0 Å². The Bertz CT molecular complexity index is 924. The molecule has 0 aliphatic heterocycles. The van der Waals surface area contributed by atoms with E-state index in [-0.39, 0.29) is 5.75 Å². The van der Waals surface area contributed by atoms with E-state index in [4.69, 9.17) is 0 Å². The Hall–Kier alpha value is -1.79. The minimum Gasteiger partial charge on any atom is -0.346 e. The second kappa shape index (κ2) is 9.14. The van der Waals surface area contributed by atoms with Gasteiger partial charge in [0, 0.05) is 6.54 Å². The third-order valence-corrected chi connectivity index (χ3v) is 6.67. The van der Waals surface area contributed by atoms with Crippen LogP contribution in [0.2, 0.25) is 0 Å². The first-order valence-corrected chi connectivity index (χ1v) is 11.0. The molecule has 12 heteroatoms. The summed E-state index contributed by atoms with van der Waals surface area (Å²) >= 11 is 4.21. The van der Waals surface area contributed by atoms with Gasteiger partial charge in [-0.1, -0.05) is 35.7 Å². The molecule has 0 spiro atoms. The number of carbonyl (C=O) groups is 1. The highest BCUT2D eigenvalue weighted by molar-refractivity contribution is 8.00. The molecule has 3 aromatic rings. The molecule has 0 unspecified atom stereocenters. The average molecular weight is 448 g/mol. The molecule has 0 bridgehead atoms. The molecule has 1 amide bonds. The smallest absolute Gasteiger partial charge is 0.346 e. The Morgan fingerprint density at radius 1 is 1.25 bits per heavy atom. The number of hydrogen-bond acceptors (Lipinski definition) is 7. The lowest BCUT2D eigenvalue weighted by Gasteiger charge is -2.09. The summed E-state index contributed by atoms with van der Waals surface area (Å²) in [6, 6.07) is 7.89. The highest BCUT2D eigenvalue weighted by Crippen LogP contribution is 2.31. The van der Waals surface area contributed by atoms with Gasteiger partial charge in [0.1, 0.15) is 12.4 Å². The minimum absolute atomic E-state index is 0.154. The van der Waals surface area contributed by atoms with Gasteiger partial charge in [0.05, 0.1) is 21.7 Å². The van der Waals surface area contributed by atoms with Crippen molar-refractivity contribution in [2.75, 3.05) is 12.3 Å². The van der Waals surface area contributed by atoms with Gasteiger partial charge in [-0.2, -0.15) is 13.2 Å². The molecule has 0 aliphatic rings. The number of thioether (sulfide) groups is 2. The summed E-state index contributed by atoms with van der Waals surface area (Å²) in [4.78, 5) is 16.1. The van der Waals surface area contributed by atoms with Crippen LogP contribution in [0.3, 0.4) is 0 Å². The average Bonchev–Trinajstić information content (AvgIpc) is 3.25. The van der Waals surface area contributed by atoms with E-state index in [2.05, 4.69) is 15.2 Å². The van der Waals surface area contributed by atoms with Gasteiger partial charge < -0.3 is 9.88 Å². The van der Waals surface area contributed by atoms with Gasteiger partial charge in [0.25, 0.3) is 0 Å². The number of rotatable bonds is 8. The highest BCUT2D eigenvalue weighted by atomic mass is 32.2. The normalized spacial score (nSPS) is 11.9. The maximum atomic E-state index is 12.1. The van der Waals surface area contributed by atoms with Crippen molar-refractivity contribution in [1.82, 2.24) is 25.1 Å². The van der Waals surface area contributed by atoms with Gasteiger partial charge >= 0.3 is 6.18 Å². The molecule has 150 valence electrons. The van der Waals surface area contributed by atoms with Gasteiger partial charge in [-0.3, -0.25) is 4.79 Å². The first-order chi connectivity index (χ1) is 13.4. The van der Waals surface area contributed by atoms with E-state index in [0.29, 0.717) is 17.5 Å². The van der Waals surface area contributed by atoms with Crippen LogP contribution in [0.4, 0.5) is 13.2 Å².